The summed E-state index contributed by atoms with van der Waals surface area (Å²) in [5, 5.41) is 20.0. The Labute approximate surface area is 135 Å². The third-order valence-electron chi connectivity index (χ3n) is 2.73. The van der Waals surface area contributed by atoms with Crippen LogP contribution in [0.1, 0.15) is 18.3 Å². The van der Waals surface area contributed by atoms with Crippen LogP contribution in [0.2, 0.25) is 5.02 Å². The molecule has 7 nitrogen and oxygen atoms in total. The molecular formula is C14H9ClFN5O2. The monoisotopic (exact) mass is 333 g/mol. The Balaban J connectivity index is 2.07. The maximum Gasteiger partial charge on any atom is 0.267 e. The molecule has 2 N–H and O–H groups in total. The topological polar surface area (TPSA) is 115 Å². The highest BCUT2D eigenvalue weighted by atomic mass is 35.5. The zero-order valence-corrected chi connectivity index (χ0v) is 12.5. The summed E-state index contributed by atoms with van der Waals surface area (Å²) in [5.41, 5.74) is -0.184. The van der Waals surface area contributed by atoms with Gasteiger partial charge in [0.2, 0.25) is 5.95 Å². The minimum Gasteiger partial charge on any atom is -0.479 e. The second-order valence-corrected chi connectivity index (χ2v) is 4.76. The van der Waals surface area contributed by atoms with Crippen LogP contribution in [0.4, 0.5) is 10.3 Å². The van der Waals surface area contributed by atoms with Crippen molar-refractivity contribution in [2.24, 2.45) is 0 Å². The van der Waals surface area contributed by atoms with Crippen molar-refractivity contribution in [1.29, 1.82) is 10.5 Å². The van der Waals surface area contributed by atoms with Crippen molar-refractivity contribution in [3.8, 4) is 17.9 Å². The van der Waals surface area contributed by atoms with E-state index in [1.807, 2.05) is 0 Å². The summed E-state index contributed by atoms with van der Waals surface area (Å²) in [6.45, 7) is 1.45. The number of imidazole rings is 1. The van der Waals surface area contributed by atoms with Crippen molar-refractivity contribution in [2.75, 3.05) is 5.32 Å². The first-order valence-electron chi connectivity index (χ1n) is 6.27. The number of anilines is 1. The molecule has 2 aromatic rings. The molecule has 0 bridgehead atoms. The molecule has 1 aromatic heterocycles. The maximum atomic E-state index is 13.0. The average Bonchev–Trinajstić information content (AvgIpc) is 2.91. The number of ether oxygens (including phenoxy) is 1. The summed E-state index contributed by atoms with van der Waals surface area (Å²) in [7, 11) is 0. The van der Waals surface area contributed by atoms with Gasteiger partial charge in [-0.2, -0.15) is 10.5 Å². The van der Waals surface area contributed by atoms with Gasteiger partial charge in [0.05, 0.1) is 5.02 Å². The molecule has 0 saturated carbocycles. The lowest BCUT2D eigenvalue weighted by atomic mass is 10.3. The van der Waals surface area contributed by atoms with Crippen LogP contribution in [-0.4, -0.2) is 22.0 Å². The zero-order chi connectivity index (χ0) is 17.0. The molecule has 1 aromatic carbocycles. The predicted molar refractivity (Wildman–Crippen MR) is 78.1 cm³/mol. The van der Waals surface area contributed by atoms with Crippen molar-refractivity contribution in [1.82, 2.24) is 9.97 Å². The number of H-pyrrole nitrogens is 1. The lowest BCUT2D eigenvalue weighted by molar-refractivity contribution is -0.122. The molecule has 9 heteroatoms. The molecule has 116 valence electrons. The largest absolute Gasteiger partial charge is 0.479 e. The number of halogens is 2. The second-order valence-electron chi connectivity index (χ2n) is 4.36. The highest BCUT2D eigenvalue weighted by molar-refractivity contribution is 6.32. The van der Waals surface area contributed by atoms with Crippen LogP contribution in [0.5, 0.6) is 5.75 Å². The van der Waals surface area contributed by atoms with Gasteiger partial charge >= 0.3 is 0 Å². The van der Waals surface area contributed by atoms with Crippen molar-refractivity contribution in [3.63, 3.8) is 0 Å². The van der Waals surface area contributed by atoms with Crippen molar-refractivity contribution >= 4 is 23.5 Å². The summed E-state index contributed by atoms with van der Waals surface area (Å²) >= 11 is 5.81. The van der Waals surface area contributed by atoms with E-state index in [-0.39, 0.29) is 28.1 Å². The van der Waals surface area contributed by atoms with E-state index in [1.54, 1.807) is 12.1 Å². The molecule has 1 heterocycles. The summed E-state index contributed by atoms with van der Waals surface area (Å²) in [5.74, 6) is -1.02. The molecule has 2 rings (SSSR count). The van der Waals surface area contributed by atoms with Gasteiger partial charge in [-0.05, 0) is 25.1 Å². The highest BCUT2D eigenvalue weighted by Gasteiger charge is 2.19. The number of nitriles is 2. The number of nitrogens with one attached hydrogen (secondary N) is 2. The van der Waals surface area contributed by atoms with E-state index in [2.05, 4.69) is 15.3 Å². The van der Waals surface area contributed by atoms with Crippen LogP contribution >= 0.6 is 11.6 Å². The van der Waals surface area contributed by atoms with Crippen LogP contribution in [0.15, 0.2) is 18.2 Å². The van der Waals surface area contributed by atoms with Crippen LogP contribution < -0.4 is 10.1 Å². The molecule has 1 atom stereocenters. The van der Waals surface area contributed by atoms with Crippen LogP contribution in [-0.2, 0) is 4.79 Å². The fraction of sp³-hybridized carbons (Fsp3) is 0.143. The summed E-state index contributed by atoms with van der Waals surface area (Å²) in [6, 6.07) is 6.98. The highest BCUT2D eigenvalue weighted by Crippen LogP contribution is 2.26. The number of aromatic amines is 1. The number of amides is 1. The Hall–Kier alpha value is -3.10. The van der Waals surface area contributed by atoms with Gasteiger partial charge in [0.1, 0.15) is 23.7 Å². The maximum absolute atomic E-state index is 13.0. The molecule has 1 amide bonds. The zero-order valence-electron chi connectivity index (χ0n) is 11.7. The number of hydrogen-bond acceptors (Lipinski definition) is 5. The van der Waals surface area contributed by atoms with Crippen LogP contribution in [0.3, 0.4) is 0 Å². The van der Waals surface area contributed by atoms with E-state index >= 15 is 0 Å². The molecule has 23 heavy (non-hydrogen) atoms. The van der Waals surface area contributed by atoms with E-state index in [9.17, 15) is 9.18 Å². The number of nitrogens with zero attached hydrogens (tertiary/aromatic N) is 3. The molecule has 0 aliphatic carbocycles. The van der Waals surface area contributed by atoms with Gasteiger partial charge in [-0.1, -0.05) is 11.6 Å². The van der Waals surface area contributed by atoms with Gasteiger partial charge in [-0.3, -0.25) is 10.1 Å². The molecular weight excluding hydrogens is 325 g/mol. The number of rotatable bonds is 4. The van der Waals surface area contributed by atoms with Gasteiger partial charge in [-0.25, -0.2) is 9.37 Å². The van der Waals surface area contributed by atoms with Crippen LogP contribution in [0, 0.1) is 28.5 Å². The quantitative estimate of drug-likeness (QED) is 0.891. The normalized spacial score (nSPS) is 11.2. The lowest BCUT2D eigenvalue weighted by Gasteiger charge is -2.14. The Bertz CT molecular complexity index is 805. The minimum absolute atomic E-state index is 0.0289. The molecule has 0 aliphatic rings. The number of benzene rings is 1. The lowest BCUT2D eigenvalue weighted by Crippen LogP contribution is -2.30. The summed E-state index contributed by atoms with van der Waals surface area (Å²) in [4.78, 5) is 18.3. The fourth-order valence-corrected chi connectivity index (χ4v) is 1.84. The van der Waals surface area contributed by atoms with Crippen LogP contribution in [0.25, 0.3) is 0 Å². The van der Waals surface area contributed by atoms with E-state index in [1.165, 1.54) is 13.0 Å². The summed E-state index contributed by atoms with van der Waals surface area (Å²) < 4.78 is 18.3. The Kier molecular flexibility index (Phi) is 4.79. The van der Waals surface area contributed by atoms with Crippen molar-refractivity contribution < 1.29 is 13.9 Å². The molecule has 0 aliphatic heterocycles. The third kappa shape index (κ3) is 3.76. The minimum atomic E-state index is -0.973. The molecule has 0 radical (unpaired) electrons. The summed E-state index contributed by atoms with van der Waals surface area (Å²) in [6.07, 6.45) is -0.973. The first-order valence-corrected chi connectivity index (χ1v) is 6.65. The number of carbonyl (C=O) groups is 1. The molecule has 0 unspecified atom stereocenters. The Morgan fingerprint density at radius 1 is 1.48 bits per heavy atom. The average molecular weight is 334 g/mol. The standard InChI is InChI=1S/C14H9ClFN5O2/c1-7(23-12-3-2-8(16)4-9(12)15)13(22)21-14-19-10(5-17)11(6-18)20-14/h2-4,7H,1H3,(H2,19,20,21,22)/t7-/m1/s1. The first-order chi connectivity index (χ1) is 10.9. The van der Waals surface area contributed by atoms with E-state index in [4.69, 9.17) is 26.9 Å². The van der Waals surface area contributed by atoms with Gasteiger partial charge < -0.3 is 9.72 Å². The van der Waals surface area contributed by atoms with E-state index in [0.29, 0.717) is 0 Å². The van der Waals surface area contributed by atoms with Crippen molar-refractivity contribution in [3.05, 3.63) is 40.4 Å². The Morgan fingerprint density at radius 2 is 2.22 bits per heavy atom. The second kappa shape index (κ2) is 6.77. The van der Waals surface area contributed by atoms with Gasteiger partial charge in [0.15, 0.2) is 17.5 Å². The van der Waals surface area contributed by atoms with Gasteiger partial charge in [0, 0.05) is 0 Å². The molecule has 0 fully saturated rings. The predicted octanol–water partition coefficient (Wildman–Crippen LogP) is 2.35. The fourth-order valence-electron chi connectivity index (χ4n) is 1.63. The smallest absolute Gasteiger partial charge is 0.267 e. The SMILES string of the molecule is C[C@@H](Oc1ccc(F)cc1Cl)C(=O)Nc1nc(C#N)c(C#N)[nH]1. The number of aromatic nitrogens is 2. The Morgan fingerprint density at radius 3 is 2.78 bits per heavy atom. The van der Waals surface area contributed by atoms with E-state index in [0.717, 1.165) is 12.1 Å². The third-order valence-corrected chi connectivity index (χ3v) is 3.03. The first kappa shape index (κ1) is 16.3. The molecule has 0 spiro atoms. The van der Waals surface area contributed by atoms with E-state index < -0.39 is 17.8 Å². The van der Waals surface area contributed by atoms with Crippen molar-refractivity contribution in [2.45, 2.75) is 13.0 Å². The number of hydrogen-bond donors (Lipinski definition) is 2. The molecule has 0 saturated heterocycles. The van der Waals surface area contributed by atoms with Gasteiger partial charge in [0.25, 0.3) is 5.91 Å². The van der Waals surface area contributed by atoms with Gasteiger partial charge in [-0.15, -0.1) is 0 Å². The number of carbonyl (C=O) groups excluding carboxylic acids is 1.